The molecular weight excluding hydrogens is 306 g/mol. The molecule has 16 heavy (non-hydrogen) atoms. The van der Waals surface area contributed by atoms with Crippen LogP contribution in [-0.2, 0) is 11.3 Å². The SMILES string of the molecule is NCC(OCc1cccs1)c1cc(Br)cs1. The van der Waals surface area contributed by atoms with Gasteiger partial charge in [0.2, 0.25) is 0 Å². The first-order valence-electron chi connectivity index (χ1n) is 4.87. The van der Waals surface area contributed by atoms with Gasteiger partial charge in [-0.3, -0.25) is 0 Å². The number of hydrogen-bond donors (Lipinski definition) is 1. The van der Waals surface area contributed by atoms with Gasteiger partial charge in [-0.15, -0.1) is 22.7 Å². The average molecular weight is 318 g/mol. The molecule has 2 aromatic rings. The summed E-state index contributed by atoms with van der Waals surface area (Å²) in [6.45, 7) is 1.15. The third kappa shape index (κ3) is 3.15. The molecule has 0 aliphatic carbocycles. The first-order valence-corrected chi connectivity index (χ1v) is 7.43. The maximum Gasteiger partial charge on any atom is 0.104 e. The van der Waals surface area contributed by atoms with Gasteiger partial charge in [0.05, 0.1) is 6.61 Å². The molecule has 0 radical (unpaired) electrons. The van der Waals surface area contributed by atoms with Crippen LogP contribution in [0.5, 0.6) is 0 Å². The molecule has 1 atom stereocenters. The Bertz CT molecular complexity index is 427. The number of rotatable bonds is 5. The third-order valence-electron chi connectivity index (χ3n) is 2.13. The molecule has 2 N–H and O–H groups in total. The molecule has 0 saturated carbocycles. The van der Waals surface area contributed by atoms with E-state index in [9.17, 15) is 0 Å². The number of ether oxygens (including phenoxy) is 1. The Hall–Kier alpha value is -0.200. The van der Waals surface area contributed by atoms with Gasteiger partial charge in [0.1, 0.15) is 6.10 Å². The Labute approximate surface area is 111 Å². The van der Waals surface area contributed by atoms with Gasteiger partial charge >= 0.3 is 0 Å². The maximum atomic E-state index is 5.81. The van der Waals surface area contributed by atoms with Crippen LogP contribution in [-0.4, -0.2) is 6.54 Å². The third-order valence-corrected chi connectivity index (χ3v) is 4.76. The first-order chi connectivity index (χ1) is 7.79. The van der Waals surface area contributed by atoms with E-state index in [0.29, 0.717) is 13.2 Å². The molecule has 0 spiro atoms. The number of thiophene rings is 2. The van der Waals surface area contributed by atoms with Crippen molar-refractivity contribution in [2.24, 2.45) is 5.73 Å². The average Bonchev–Trinajstić information content (AvgIpc) is 2.91. The number of nitrogens with two attached hydrogens (primary N) is 1. The van der Waals surface area contributed by atoms with Gasteiger partial charge in [-0.1, -0.05) is 6.07 Å². The van der Waals surface area contributed by atoms with E-state index in [1.54, 1.807) is 22.7 Å². The molecular formula is C11H12BrNOS2. The molecule has 0 fully saturated rings. The van der Waals surface area contributed by atoms with E-state index in [2.05, 4.69) is 33.4 Å². The molecule has 0 saturated heterocycles. The highest BCUT2D eigenvalue weighted by atomic mass is 79.9. The van der Waals surface area contributed by atoms with Gasteiger partial charge < -0.3 is 10.5 Å². The summed E-state index contributed by atoms with van der Waals surface area (Å²) in [5.74, 6) is 0. The molecule has 0 aromatic carbocycles. The Morgan fingerprint density at radius 3 is 2.88 bits per heavy atom. The van der Waals surface area contributed by atoms with E-state index >= 15 is 0 Å². The summed E-state index contributed by atoms with van der Waals surface area (Å²) in [6.07, 6.45) is -0.00148. The van der Waals surface area contributed by atoms with E-state index in [1.165, 1.54) is 9.75 Å². The van der Waals surface area contributed by atoms with Crippen molar-refractivity contribution in [2.45, 2.75) is 12.7 Å². The molecule has 0 amide bonds. The zero-order valence-electron chi connectivity index (χ0n) is 8.56. The van der Waals surface area contributed by atoms with Crippen LogP contribution in [0.1, 0.15) is 15.9 Å². The quantitative estimate of drug-likeness (QED) is 0.910. The number of hydrogen-bond acceptors (Lipinski definition) is 4. The second-order valence-corrected chi connectivity index (χ2v) is 6.17. The monoisotopic (exact) mass is 317 g/mol. The number of halogens is 1. The van der Waals surface area contributed by atoms with Gasteiger partial charge in [0, 0.05) is 26.2 Å². The topological polar surface area (TPSA) is 35.2 Å². The normalized spacial score (nSPS) is 12.9. The minimum absolute atomic E-state index is 0.00148. The van der Waals surface area contributed by atoms with Gasteiger partial charge in [-0.25, -0.2) is 0 Å². The van der Waals surface area contributed by atoms with E-state index in [4.69, 9.17) is 10.5 Å². The lowest BCUT2D eigenvalue weighted by Gasteiger charge is -2.13. The van der Waals surface area contributed by atoms with Gasteiger partial charge in [-0.2, -0.15) is 0 Å². The zero-order valence-corrected chi connectivity index (χ0v) is 11.8. The van der Waals surface area contributed by atoms with Crippen LogP contribution < -0.4 is 5.73 Å². The maximum absolute atomic E-state index is 5.81. The molecule has 0 bridgehead atoms. The second kappa shape index (κ2) is 5.93. The molecule has 0 aliphatic rings. The summed E-state index contributed by atoms with van der Waals surface area (Å²) in [6, 6.07) is 6.17. The van der Waals surface area contributed by atoms with Crippen molar-refractivity contribution in [3.05, 3.63) is 43.2 Å². The summed E-state index contributed by atoms with van der Waals surface area (Å²) < 4.78 is 6.90. The predicted molar refractivity (Wildman–Crippen MR) is 72.9 cm³/mol. The van der Waals surface area contributed by atoms with Crippen LogP contribution in [0.25, 0.3) is 0 Å². The summed E-state index contributed by atoms with van der Waals surface area (Å²) in [5.41, 5.74) is 5.72. The van der Waals surface area contributed by atoms with Gasteiger partial charge in [0.15, 0.2) is 0 Å². The smallest absolute Gasteiger partial charge is 0.104 e. The Morgan fingerprint density at radius 1 is 1.44 bits per heavy atom. The summed E-state index contributed by atoms with van der Waals surface area (Å²) in [5, 5.41) is 4.10. The van der Waals surface area contributed by atoms with Crippen molar-refractivity contribution < 1.29 is 4.74 Å². The van der Waals surface area contributed by atoms with Crippen molar-refractivity contribution >= 4 is 38.6 Å². The lowest BCUT2D eigenvalue weighted by Crippen LogP contribution is -2.14. The summed E-state index contributed by atoms with van der Waals surface area (Å²) in [7, 11) is 0. The Balaban J connectivity index is 1.96. The van der Waals surface area contributed by atoms with Crippen LogP contribution >= 0.6 is 38.6 Å². The van der Waals surface area contributed by atoms with Crippen LogP contribution in [0.4, 0.5) is 0 Å². The van der Waals surface area contributed by atoms with Crippen molar-refractivity contribution in [3.63, 3.8) is 0 Å². The van der Waals surface area contributed by atoms with E-state index in [0.717, 1.165) is 4.47 Å². The fraction of sp³-hybridized carbons (Fsp3) is 0.273. The minimum Gasteiger partial charge on any atom is -0.366 e. The Kier molecular flexibility index (Phi) is 4.55. The standard InChI is InChI=1S/C11H12BrNOS2/c12-8-4-11(16-7-8)10(5-13)14-6-9-2-1-3-15-9/h1-4,7,10H,5-6,13H2. The Morgan fingerprint density at radius 2 is 2.31 bits per heavy atom. The highest BCUT2D eigenvalue weighted by Crippen LogP contribution is 2.28. The molecule has 2 nitrogen and oxygen atoms in total. The van der Waals surface area contributed by atoms with Crippen molar-refractivity contribution in [1.29, 1.82) is 0 Å². The van der Waals surface area contributed by atoms with Crippen LogP contribution in [0.15, 0.2) is 33.4 Å². The van der Waals surface area contributed by atoms with Crippen LogP contribution in [0, 0.1) is 0 Å². The molecule has 5 heteroatoms. The highest BCUT2D eigenvalue weighted by Gasteiger charge is 2.12. The lowest BCUT2D eigenvalue weighted by atomic mass is 10.3. The van der Waals surface area contributed by atoms with Crippen molar-refractivity contribution in [3.8, 4) is 0 Å². The molecule has 2 aromatic heterocycles. The van der Waals surface area contributed by atoms with E-state index < -0.39 is 0 Å². The highest BCUT2D eigenvalue weighted by molar-refractivity contribution is 9.10. The van der Waals surface area contributed by atoms with Crippen LogP contribution in [0.3, 0.4) is 0 Å². The lowest BCUT2D eigenvalue weighted by molar-refractivity contribution is 0.0496. The fourth-order valence-electron chi connectivity index (χ4n) is 1.34. The fourth-order valence-corrected chi connectivity index (χ4v) is 3.47. The zero-order chi connectivity index (χ0) is 11.4. The molecule has 0 aliphatic heterocycles. The summed E-state index contributed by atoms with van der Waals surface area (Å²) in [4.78, 5) is 2.40. The molecule has 1 unspecified atom stereocenters. The molecule has 2 rings (SSSR count). The minimum atomic E-state index is -0.00148. The van der Waals surface area contributed by atoms with Crippen LogP contribution in [0.2, 0.25) is 0 Å². The largest absolute Gasteiger partial charge is 0.366 e. The van der Waals surface area contributed by atoms with Crippen molar-refractivity contribution in [2.75, 3.05) is 6.54 Å². The predicted octanol–water partition coefficient (Wildman–Crippen LogP) is 3.79. The molecule has 86 valence electrons. The van der Waals surface area contributed by atoms with Gasteiger partial charge in [-0.05, 0) is 33.4 Å². The van der Waals surface area contributed by atoms with Crippen molar-refractivity contribution in [1.82, 2.24) is 0 Å². The summed E-state index contributed by atoms with van der Waals surface area (Å²) >= 11 is 6.81. The van der Waals surface area contributed by atoms with E-state index in [-0.39, 0.29) is 6.10 Å². The van der Waals surface area contributed by atoms with E-state index in [1.807, 2.05) is 11.4 Å². The molecule has 2 heterocycles. The second-order valence-electron chi connectivity index (χ2n) is 3.28. The van der Waals surface area contributed by atoms with Gasteiger partial charge in [0.25, 0.3) is 0 Å². The first kappa shape index (κ1) is 12.3.